The van der Waals surface area contributed by atoms with Gasteiger partial charge < -0.3 is 5.32 Å². The fraction of sp³-hybridized carbons (Fsp3) is 0.571. The Morgan fingerprint density at radius 3 is 2.47 bits per heavy atom. The van der Waals surface area contributed by atoms with Gasteiger partial charge in [-0.15, -0.1) is 0 Å². The van der Waals surface area contributed by atoms with E-state index in [-0.39, 0.29) is 23.2 Å². The van der Waals surface area contributed by atoms with Crippen molar-refractivity contribution >= 4 is 9.84 Å². The molecule has 0 amide bonds. The smallest absolute Gasteiger partial charge is 0.151 e. The molecule has 1 aromatic carbocycles. The quantitative estimate of drug-likeness (QED) is 0.924. The highest BCUT2D eigenvalue weighted by atomic mass is 32.2. The molecule has 0 spiro atoms. The molecule has 2 rings (SSSR count). The second-order valence-electron chi connectivity index (χ2n) is 5.35. The summed E-state index contributed by atoms with van der Waals surface area (Å²) in [5.74, 6) is -0.258. The van der Waals surface area contributed by atoms with Gasteiger partial charge in [-0.05, 0) is 37.5 Å². The lowest BCUT2D eigenvalue weighted by molar-refractivity contribution is 0.455. The standard InChI is InChI=1S/C14H20FNO2S/c1-10(11-6-8-12(15)9-7-11)16-13-4-3-5-14(13)19(2,17)18/h6-10,13-14,16H,3-5H2,1-2H3/t10-,13?,14?/m0/s1. The summed E-state index contributed by atoms with van der Waals surface area (Å²) in [7, 11) is -3.01. The normalized spacial score (nSPS) is 25.4. The van der Waals surface area contributed by atoms with Crippen molar-refractivity contribution in [1.82, 2.24) is 5.32 Å². The Bertz CT molecular complexity index is 527. The number of halogens is 1. The Labute approximate surface area is 114 Å². The molecule has 1 N–H and O–H groups in total. The third kappa shape index (κ3) is 3.54. The zero-order chi connectivity index (χ0) is 14.0. The van der Waals surface area contributed by atoms with Crippen molar-refractivity contribution in [2.75, 3.05) is 6.26 Å². The Kier molecular flexibility index (Phi) is 4.26. The van der Waals surface area contributed by atoms with Crippen LogP contribution in [0.25, 0.3) is 0 Å². The van der Waals surface area contributed by atoms with E-state index >= 15 is 0 Å². The monoisotopic (exact) mass is 285 g/mol. The molecule has 1 aromatic rings. The first kappa shape index (κ1) is 14.5. The first-order chi connectivity index (χ1) is 8.88. The number of benzene rings is 1. The number of sulfone groups is 1. The molecule has 1 aliphatic rings. The van der Waals surface area contributed by atoms with Gasteiger partial charge in [-0.3, -0.25) is 0 Å². The molecule has 0 bridgehead atoms. The third-order valence-corrected chi connectivity index (χ3v) is 5.50. The Morgan fingerprint density at radius 2 is 1.89 bits per heavy atom. The van der Waals surface area contributed by atoms with Crippen molar-refractivity contribution < 1.29 is 12.8 Å². The first-order valence-corrected chi connectivity index (χ1v) is 8.54. The zero-order valence-corrected chi connectivity index (χ0v) is 12.1. The topological polar surface area (TPSA) is 46.2 Å². The summed E-state index contributed by atoms with van der Waals surface area (Å²) in [6, 6.07) is 6.34. The summed E-state index contributed by atoms with van der Waals surface area (Å²) in [6.07, 6.45) is 3.85. The molecule has 0 saturated heterocycles. The lowest BCUT2D eigenvalue weighted by Crippen LogP contribution is -2.41. The van der Waals surface area contributed by atoms with Gasteiger partial charge in [0.2, 0.25) is 0 Å². The van der Waals surface area contributed by atoms with Crippen LogP contribution >= 0.6 is 0 Å². The van der Waals surface area contributed by atoms with E-state index in [1.165, 1.54) is 18.4 Å². The molecular weight excluding hydrogens is 265 g/mol. The van der Waals surface area contributed by atoms with Crippen LogP contribution in [0.2, 0.25) is 0 Å². The maximum absolute atomic E-state index is 12.9. The molecule has 1 aliphatic carbocycles. The second-order valence-corrected chi connectivity index (χ2v) is 7.61. The molecule has 0 heterocycles. The molecular formula is C14H20FNO2S. The van der Waals surface area contributed by atoms with E-state index in [1.54, 1.807) is 12.1 Å². The third-order valence-electron chi connectivity index (χ3n) is 3.84. The molecule has 0 radical (unpaired) electrons. The summed E-state index contributed by atoms with van der Waals surface area (Å²) in [5, 5.41) is 3.07. The maximum atomic E-state index is 12.9. The van der Waals surface area contributed by atoms with Crippen LogP contribution in [-0.4, -0.2) is 26.0 Å². The van der Waals surface area contributed by atoms with Crippen molar-refractivity contribution in [3.8, 4) is 0 Å². The number of rotatable bonds is 4. The van der Waals surface area contributed by atoms with Crippen molar-refractivity contribution in [2.45, 2.75) is 43.5 Å². The zero-order valence-electron chi connectivity index (χ0n) is 11.3. The molecule has 1 fully saturated rings. The average Bonchev–Trinajstić information content (AvgIpc) is 2.77. The largest absolute Gasteiger partial charge is 0.306 e. The van der Waals surface area contributed by atoms with E-state index < -0.39 is 9.84 Å². The van der Waals surface area contributed by atoms with Gasteiger partial charge >= 0.3 is 0 Å². The summed E-state index contributed by atoms with van der Waals surface area (Å²) < 4.78 is 36.3. The van der Waals surface area contributed by atoms with E-state index in [0.717, 1.165) is 24.8 Å². The summed E-state index contributed by atoms with van der Waals surface area (Å²) >= 11 is 0. The number of hydrogen-bond donors (Lipinski definition) is 1. The molecule has 3 nitrogen and oxygen atoms in total. The number of hydrogen-bond acceptors (Lipinski definition) is 3. The molecule has 106 valence electrons. The van der Waals surface area contributed by atoms with Crippen LogP contribution in [0.3, 0.4) is 0 Å². The van der Waals surface area contributed by atoms with Crippen LogP contribution in [0.4, 0.5) is 4.39 Å². The summed E-state index contributed by atoms with van der Waals surface area (Å²) in [4.78, 5) is 0. The van der Waals surface area contributed by atoms with E-state index in [9.17, 15) is 12.8 Å². The predicted molar refractivity (Wildman–Crippen MR) is 74.2 cm³/mol. The Hall–Kier alpha value is -0.940. The van der Waals surface area contributed by atoms with Gasteiger partial charge in [0.15, 0.2) is 9.84 Å². The molecule has 0 aromatic heterocycles. The highest BCUT2D eigenvalue weighted by molar-refractivity contribution is 7.91. The van der Waals surface area contributed by atoms with Crippen molar-refractivity contribution in [1.29, 1.82) is 0 Å². The van der Waals surface area contributed by atoms with Gasteiger partial charge in [0.25, 0.3) is 0 Å². The Morgan fingerprint density at radius 1 is 1.26 bits per heavy atom. The minimum atomic E-state index is -3.01. The second kappa shape index (κ2) is 5.59. The van der Waals surface area contributed by atoms with Gasteiger partial charge in [-0.2, -0.15) is 0 Å². The maximum Gasteiger partial charge on any atom is 0.151 e. The highest BCUT2D eigenvalue weighted by Gasteiger charge is 2.35. The fourth-order valence-electron chi connectivity index (χ4n) is 2.80. The van der Waals surface area contributed by atoms with Gasteiger partial charge in [0, 0.05) is 18.3 Å². The van der Waals surface area contributed by atoms with E-state index in [4.69, 9.17) is 0 Å². The Balaban J connectivity index is 2.06. The van der Waals surface area contributed by atoms with E-state index in [2.05, 4.69) is 5.32 Å². The van der Waals surface area contributed by atoms with Crippen LogP contribution in [0.5, 0.6) is 0 Å². The minimum Gasteiger partial charge on any atom is -0.306 e. The van der Waals surface area contributed by atoms with Crippen LogP contribution in [-0.2, 0) is 9.84 Å². The lowest BCUT2D eigenvalue weighted by Gasteiger charge is -2.24. The van der Waals surface area contributed by atoms with Crippen molar-refractivity contribution in [2.24, 2.45) is 0 Å². The highest BCUT2D eigenvalue weighted by Crippen LogP contribution is 2.27. The first-order valence-electron chi connectivity index (χ1n) is 6.58. The van der Waals surface area contributed by atoms with Gasteiger partial charge in [0.05, 0.1) is 5.25 Å². The molecule has 1 saturated carbocycles. The lowest BCUT2D eigenvalue weighted by atomic mass is 10.1. The summed E-state index contributed by atoms with van der Waals surface area (Å²) in [5.41, 5.74) is 0.973. The van der Waals surface area contributed by atoms with Crippen LogP contribution in [0, 0.1) is 5.82 Å². The SMILES string of the molecule is C[C@H](NC1CCCC1S(C)(=O)=O)c1ccc(F)cc1. The van der Waals surface area contributed by atoms with Gasteiger partial charge in [0.1, 0.15) is 5.82 Å². The molecule has 2 unspecified atom stereocenters. The van der Waals surface area contributed by atoms with E-state index in [1.807, 2.05) is 6.92 Å². The van der Waals surface area contributed by atoms with Gasteiger partial charge in [-0.25, -0.2) is 12.8 Å². The van der Waals surface area contributed by atoms with Crippen LogP contribution in [0.1, 0.15) is 37.8 Å². The van der Waals surface area contributed by atoms with Crippen LogP contribution < -0.4 is 5.32 Å². The molecule has 0 aliphatic heterocycles. The average molecular weight is 285 g/mol. The minimum absolute atomic E-state index is 0.00458. The number of nitrogens with one attached hydrogen (secondary N) is 1. The van der Waals surface area contributed by atoms with Crippen molar-refractivity contribution in [3.63, 3.8) is 0 Å². The molecule has 5 heteroatoms. The fourth-order valence-corrected chi connectivity index (χ4v) is 4.20. The van der Waals surface area contributed by atoms with Crippen molar-refractivity contribution in [3.05, 3.63) is 35.6 Å². The van der Waals surface area contributed by atoms with E-state index in [0.29, 0.717) is 0 Å². The molecule has 3 atom stereocenters. The summed E-state index contributed by atoms with van der Waals surface area (Å²) in [6.45, 7) is 1.98. The molecule has 19 heavy (non-hydrogen) atoms. The van der Waals surface area contributed by atoms with Gasteiger partial charge in [-0.1, -0.05) is 18.6 Å². The predicted octanol–water partition coefficient (Wildman–Crippen LogP) is 2.44. The van der Waals surface area contributed by atoms with Crippen LogP contribution in [0.15, 0.2) is 24.3 Å².